The summed E-state index contributed by atoms with van der Waals surface area (Å²) in [5.41, 5.74) is 1.09. The molecule has 1 saturated heterocycles. The molecular formula is C12H15FO3. The van der Waals surface area contributed by atoms with Gasteiger partial charge in [-0.15, -0.1) is 0 Å². The van der Waals surface area contributed by atoms with Gasteiger partial charge < -0.3 is 14.6 Å². The molecule has 1 aromatic carbocycles. The first-order valence-electron chi connectivity index (χ1n) is 5.32. The van der Waals surface area contributed by atoms with Crippen LogP contribution in [0, 0.1) is 12.7 Å². The zero-order chi connectivity index (χ0) is 11.5. The number of aliphatic hydroxyl groups is 1. The summed E-state index contributed by atoms with van der Waals surface area (Å²) in [6, 6.07) is 4.70. The second-order valence-corrected chi connectivity index (χ2v) is 3.94. The predicted molar refractivity (Wildman–Crippen MR) is 56.7 cm³/mol. The summed E-state index contributed by atoms with van der Waals surface area (Å²) in [7, 11) is 0. The SMILES string of the molecule is Cc1ccc(C(O)C2COCCO2)cc1F. The first-order chi connectivity index (χ1) is 7.68. The molecule has 2 atom stereocenters. The maximum Gasteiger partial charge on any atom is 0.126 e. The maximum absolute atomic E-state index is 13.3. The number of benzene rings is 1. The molecule has 88 valence electrons. The van der Waals surface area contributed by atoms with Crippen molar-refractivity contribution >= 4 is 0 Å². The standard InChI is InChI=1S/C12H15FO3/c1-8-2-3-9(6-10(8)13)12(14)11-7-15-4-5-16-11/h2-3,6,11-12,14H,4-5,7H2,1H3. The third-order valence-electron chi connectivity index (χ3n) is 2.73. The van der Waals surface area contributed by atoms with Crippen LogP contribution in [0.3, 0.4) is 0 Å². The molecule has 4 heteroatoms. The highest BCUT2D eigenvalue weighted by Crippen LogP contribution is 2.23. The molecular weight excluding hydrogens is 211 g/mol. The smallest absolute Gasteiger partial charge is 0.126 e. The van der Waals surface area contributed by atoms with Crippen molar-refractivity contribution in [2.24, 2.45) is 0 Å². The maximum atomic E-state index is 13.3. The lowest BCUT2D eigenvalue weighted by atomic mass is 10.0. The van der Waals surface area contributed by atoms with E-state index >= 15 is 0 Å². The minimum Gasteiger partial charge on any atom is -0.386 e. The van der Waals surface area contributed by atoms with E-state index in [9.17, 15) is 9.50 Å². The van der Waals surface area contributed by atoms with Crippen LogP contribution in [0.2, 0.25) is 0 Å². The van der Waals surface area contributed by atoms with E-state index in [-0.39, 0.29) is 5.82 Å². The third kappa shape index (κ3) is 2.40. The van der Waals surface area contributed by atoms with Crippen molar-refractivity contribution in [1.82, 2.24) is 0 Å². The Bertz CT molecular complexity index is 361. The van der Waals surface area contributed by atoms with Crippen LogP contribution in [0.4, 0.5) is 4.39 Å². The lowest BCUT2D eigenvalue weighted by Gasteiger charge is -2.27. The van der Waals surface area contributed by atoms with E-state index in [1.165, 1.54) is 6.07 Å². The van der Waals surface area contributed by atoms with E-state index in [1.807, 2.05) is 0 Å². The van der Waals surface area contributed by atoms with Crippen molar-refractivity contribution in [3.63, 3.8) is 0 Å². The van der Waals surface area contributed by atoms with Crippen LogP contribution >= 0.6 is 0 Å². The van der Waals surface area contributed by atoms with Gasteiger partial charge in [-0.25, -0.2) is 4.39 Å². The molecule has 0 radical (unpaired) electrons. The fourth-order valence-corrected chi connectivity index (χ4v) is 1.70. The molecule has 2 rings (SSSR count). The average molecular weight is 226 g/mol. The van der Waals surface area contributed by atoms with Crippen LogP contribution in [0.1, 0.15) is 17.2 Å². The van der Waals surface area contributed by atoms with Crippen LogP contribution in [0.5, 0.6) is 0 Å². The Balaban J connectivity index is 2.12. The quantitative estimate of drug-likeness (QED) is 0.832. The molecule has 0 saturated carbocycles. The lowest BCUT2D eigenvalue weighted by Crippen LogP contribution is -2.33. The van der Waals surface area contributed by atoms with Crippen LogP contribution in [0.15, 0.2) is 18.2 Å². The third-order valence-corrected chi connectivity index (χ3v) is 2.73. The zero-order valence-electron chi connectivity index (χ0n) is 9.15. The van der Waals surface area contributed by atoms with Gasteiger partial charge in [-0.2, -0.15) is 0 Å². The van der Waals surface area contributed by atoms with E-state index < -0.39 is 12.2 Å². The minimum atomic E-state index is -0.838. The Morgan fingerprint density at radius 3 is 2.88 bits per heavy atom. The van der Waals surface area contributed by atoms with Gasteiger partial charge in [-0.3, -0.25) is 0 Å². The topological polar surface area (TPSA) is 38.7 Å². The Hall–Kier alpha value is -0.970. The van der Waals surface area contributed by atoms with Gasteiger partial charge in [-0.1, -0.05) is 12.1 Å². The number of ether oxygens (including phenoxy) is 2. The fraction of sp³-hybridized carbons (Fsp3) is 0.500. The van der Waals surface area contributed by atoms with Crippen LogP contribution in [-0.2, 0) is 9.47 Å². The van der Waals surface area contributed by atoms with Gasteiger partial charge in [0.1, 0.15) is 18.0 Å². The molecule has 1 aliphatic heterocycles. The number of aliphatic hydroxyl groups excluding tert-OH is 1. The Morgan fingerprint density at radius 2 is 2.25 bits per heavy atom. The minimum absolute atomic E-state index is 0.312. The summed E-state index contributed by atoms with van der Waals surface area (Å²) < 4.78 is 23.9. The first-order valence-corrected chi connectivity index (χ1v) is 5.32. The summed E-state index contributed by atoms with van der Waals surface area (Å²) in [4.78, 5) is 0. The van der Waals surface area contributed by atoms with Crippen LogP contribution < -0.4 is 0 Å². The van der Waals surface area contributed by atoms with Crippen molar-refractivity contribution in [3.8, 4) is 0 Å². The van der Waals surface area contributed by atoms with Crippen molar-refractivity contribution in [2.75, 3.05) is 19.8 Å². The Morgan fingerprint density at radius 1 is 1.44 bits per heavy atom. The summed E-state index contributed by atoms with van der Waals surface area (Å²) in [6.07, 6.45) is -1.24. The predicted octanol–water partition coefficient (Wildman–Crippen LogP) is 1.58. The molecule has 1 aliphatic rings. The summed E-state index contributed by atoms with van der Waals surface area (Å²) in [6.45, 7) is 3.05. The highest BCUT2D eigenvalue weighted by molar-refractivity contribution is 5.25. The molecule has 0 spiro atoms. The van der Waals surface area contributed by atoms with E-state index in [1.54, 1.807) is 19.1 Å². The van der Waals surface area contributed by atoms with Gasteiger partial charge in [0.2, 0.25) is 0 Å². The zero-order valence-corrected chi connectivity index (χ0v) is 9.15. The number of halogens is 1. The molecule has 0 bridgehead atoms. The van der Waals surface area contributed by atoms with Crippen molar-refractivity contribution in [3.05, 3.63) is 35.1 Å². The molecule has 16 heavy (non-hydrogen) atoms. The van der Waals surface area contributed by atoms with Gasteiger partial charge in [0.05, 0.1) is 19.8 Å². The van der Waals surface area contributed by atoms with E-state index in [0.29, 0.717) is 30.9 Å². The van der Waals surface area contributed by atoms with Crippen molar-refractivity contribution < 1.29 is 19.0 Å². The summed E-state index contributed by atoms with van der Waals surface area (Å²) in [5, 5.41) is 9.99. The van der Waals surface area contributed by atoms with E-state index in [0.717, 1.165) is 0 Å². The van der Waals surface area contributed by atoms with Crippen LogP contribution in [-0.4, -0.2) is 31.0 Å². The van der Waals surface area contributed by atoms with Gasteiger partial charge >= 0.3 is 0 Å². The highest BCUT2D eigenvalue weighted by atomic mass is 19.1. The fourth-order valence-electron chi connectivity index (χ4n) is 1.70. The van der Waals surface area contributed by atoms with Crippen LogP contribution in [0.25, 0.3) is 0 Å². The average Bonchev–Trinajstić information content (AvgIpc) is 2.33. The molecule has 1 N–H and O–H groups in total. The first kappa shape index (κ1) is 11.5. The lowest BCUT2D eigenvalue weighted by molar-refractivity contribution is -0.133. The van der Waals surface area contributed by atoms with Crippen molar-refractivity contribution in [2.45, 2.75) is 19.1 Å². The number of aryl methyl sites for hydroxylation is 1. The molecule has 3 nitrogen and oxygen atoms in total. The Kier molecular flexibility index (Phi) is 3.53. The highest BCUT2D eigenvalue weighted by Gasteiger charge is 2.24. The number of rotatable bonds is 2. The number of hydrogen-bond acceptors (Lipinski definition) is 3. The van der Waals surface area contributed by atoms with Gasteiger partial charge in [0.25, 0.3) is 0 Å². The number of hydrogen-bond donors (Lipinski definition) is 1. The second-order valence-electron chi connectivity index (χ2n) is 3.94. The summed E-state index contributed by atoms with van der Waals surface area (Å²) >= 11 is 0. The van der Waals surface area contributed by atoms with Gasteiger partial charge in [0.15, 0.2) is 0 Å². The van der Waals surface area contributed by atoms with Gasteiger partial charge in [-0.05, 0) is 24.1 Å². The largest absolute Gasteiger partial charge is 0.386 e. The van der Waals surface area contributed by atoms with Crippen molar-refractivity contribution in [1.29, 1.82) is 0 Å². The van der Waals surface area contributed by atoms with Gasteiger partial charge in [0, 0.05) is 0 Å². The van der Waals surface area contributed by atoms with E-state index in [4.69, 9.17) is 9.47 Å². The molecule has 2 unspecified atom stereocenters. The van der Waals surface area contributed by atoms with E-state index in [2.05, 4.69) is 0 Å². The molecule has 0 aliphatic carbocycles. The molecule has 0 amide bonds. The second kappa shape index (κ2) is 4.91. The normalized spacial score (nSPS) is 23.1. The monoisotopic (exact) mass is 226 g/mol. The Labute approximate surface area is 93.8 Å². The molecule has 0 aromatic heterocycles. The molecule has 1 heterocycles. The molecule has 1 fully saturated rings. The summed E-state index contributed by atoms with van der Waals surface area (Å²) in [5.74, 6) is -0.312. The molecule has 1 aromatic rings.